The second-order valence-corrected chi connectivity index (χ2v) is 3.64. The van der Waals surface area contributed by atoms with Crippen molar-refractivity contribution < 1.29 is 10.2 Å². The van der Waals surface area contributed by atoms with E-state index in [1.54, 1.807) is 6.92 Å². The van der Waals surface area contributed by atoms with Gasteiger partial charge in [0.1, 0.15) is 5.75 Å². The van der Waals surface area contributed by atoms with Crippen LogP contribution in [0.2, 0.25) is 0 Å². The largest absolute Gasteiger partial charge is 0.506 e. The Balaban J connectivity index is 2.83. The number of aliphatic hydroxyl groups excluding tert-OH is 1. The summed E-state index contributed by atoms with van der Waals surface area (Å²) >= 11 is 4.61. The molecule has 0 radical (unpaired) electrons. The highest BCUT2D eigenvalue weighted by Crippen LogP contribution is 2.23. The zero-order valence-corrected chi connectivity index (χ0v) is 9.64. The molecule has 0 fully saturated rings. The average Bonchev–Trinajstić information content (AvgIpc) is 2.24. The maximum absolute atomic E-state index is 9.77. The fourth-order valence-electron chi connectivity index (χ4n) is 1.24. The lowest BCUT2D eigenvalue weighted by Gasteiger charge is -2.12. The van der Waals surface area contributed by atoms with Crippen molar-refractivity contribution in [1.29, 1.82) is 0 Å². The van der Waals surface area contributed by atoms with E-state index >= 15 is 0 Å². The van der Waals surface area contributed by atoms with Gasteiger partial charge in [0, 0.05) is 23.9 Å². The summed E-state index contributed by atoms with van der Waals surface area (Å²) in [6.45, 7) is 1.77. The molecule has 0 aliphatic carbocycles. The molecule has 1 aromatic heterocycles. The Kier molecular flexibility index (Phi) is 4.41. The summed E-state index contributed by atoms with van der Waals surface area (Å²) in [5.41, 5.74) is 12.1. The van der Waals surface area contributed by atoms with Crippen molar-refractivity contribution in [3.8, 4) is 5.75 Å². The summed E-state index contributed by atoms with van der Waals surface area (Å²) in [7, 11) is 0. The van der Waals surface area contributed by atoms with Gasteiger partial charge in [-0.25, -0.2) is 5.43 Å². The number of pyridine rings is 1. The second-order valence-electron chi connectivity index (χ2n) is 3.20. The Hall–Kier alpha value is -1.44. The number of nitrogens with zero attached hydrogens (tertiary/aromatic N) is 1. The molecule has 1 aromatic rings. The Labute approximate surface area is 98.5 Å². The maximum Gasteiger partial charge on any atom is 0.178 e. The molecule has 88 valence electrons. The van der Waals surface area contributed by atoms with E-state index < -0.39 is 0 Å². The first kappa shape index (κ1) is 12.6. The molecule has 0 atom stereocenters. The number of aryl methyl sites for hydroxylation is 1. The molecule has 0 bridgehead atoms. The van der Waals surface area contributed by atoms with Crippen molar-refractivity contribution in [1.82, 2.24) is 15.8 Å². The van der Waals surface area contributed by atoms with Gasteiger partial charge in [0.25, 0.3) is 0 Å². The van der Waals surface area contributed by atoms with E-state index in [0.717, 1.165) is 0 Å². The highest BCUT2D eigenvalue weighted by Gasteiger charge is 2.10. The standard InChI is InChI=1S/C9H14N4O2S/c1-5-8(15)7(3-12-13-9(10)16)6(4-14)2-11-5/h2,12,14-15H,3-4H2,1H3,(H3,10,13,16). The molecule has 0 aromatic carbocycles. The van der Waals surface area contributed by atoms with Gasteiger partial charge in [-0.1, -0.05) is 0 Å². The Morgan fingerprint density at radius 1 is 1.62 bits per heavy atom. The summed E-state index contributed by atoms with van der Waals surface area (Å²) < 4.78 is 0. The van der Waals surface area contributed by atoms with Crippen molar-refractivity contribution in [2.75, 3.05) is 0 Å². The molecular formula is C9H14N4O2S. The quantitative estimate of drug-likeness (QED) is 0.356. The van der Waals surface area contributed by atoms with Crippen LogP contribution >= 0.6 is 12.2 Å². The minimum Gasteiger partial charge on any atom is -0.506 e. The predicted octanol–water partition coefficient (Wildman–Crippen LogP) is -0.574. The third kappa shape index (κ3) is 3.02. The van der Waals surface area contributed by atoms with Gasteiger partial charge >= 0.3 is 0 Å². The number of thiocarbonyl (C=S) groups is 1. The van der Waals surface area contributed by atoms with Crippen LogP contribution in [-0.2, 0) is 13.2 Å². The van der Waals surface area contributed by atoms with Crippen LogP contribution in [0.15, 0.2) is 6.20 Å². The molecule has 1 rings (SSSR count). The summed E-state index contributed by atoms with van der Waals surface area (Å²) in [6, 6.07) is 0. The molecule has 0 saturated heterocycles. The molecule has 0 spiro atoms. The summed E-state index contributed by atoms with van der Waals surface area (Å²) in [4.78, 5) is 3.94. The van der Waals surface area contributed by atoms with E-state index in [2.05, 4.69) is 28.1 Å². The number of nitrogens with one attached hydrogen (secondary N) is 2. The molecular weight excluding hydrogens is 228 g/mol. The molecule has 16 heavy (non-hydrogen) atoms. The molecule has 6 N–H and O–H groups in total. The molecule has 0 saturated carbocycles. The van der Waals surface area contributed by atoms with Crippen LogP contribution in [-0.4, -0.2) is 20.3 Å². The smallest absolute Gasteiger partial charge is 0.178 e. The third-order valence-electron chi connectivity index (χ3n) is 2.08. The highest BCUT2D eigenvalue weighted by molar-refractivity contribution is 7.80. The minimum atomic E-state index is -0.190. The van der Waals surface area contributed by atoms with Crippen molar-refractivity contribution >= 4 is 17.3 Å². The first-order valence-electron chi connectivity index (χ1n) is 4.61. The van der Waals surface area contributed by atoms with Crippen LogP contribution in [0.4, 0.5) is 0 Å². The van der Waals surface area contributed by atoms with Crippen LogP contribution in [0.25, 0.3) is 0 Å². The minimum absolute atomic E-state index is 0.0591. The van der Waals surface area contributed by atoms with E-state index in [4.69, 9.17) is 10.8 Å². The normalized spacial score (nSPS) is 10.1. The van der Waals surface area contributed by atoms with E-state index in [-0.39, 0.29) is 24.0 Å². The molecule has 0 aliphatic rings. The lowest BCUT2D eigenvalue weighted by Crippen LogP contribution is -2.40. The van der Waals surface area contributed by atoms with Gasteiger partial charge in [-0.15, -0.1) is 0 Å². The Morgan fingerprint density at radius 2 is 2.31 bits per heavy atom. The highest BCUT2D eigenvalue weighted by atomic mass is 32.1. The molecule has 6 nitrogen and oxygen atoms in total. The Bertz CT molecular complexity index is 397. The van der Waals surface area contributed by atoms with E-state index in [9.17, 15) is 5.11 Å². The fourth-order valence-corrected chi connectivity index (χ4v) is 1.31. The van der Waals surface area contributed by atoms with Crippen LogP contribution in [0, 0.1) is 6.92 Å². The van der Waals surface area contributed by atoms with Crippen molar-refractivity contribution in [2.45, 2.75) is 20.1 Å². The molecule has 0 amide bonds. The van der Waals surface area contributed by atoms with E-state index in [1.807, 2.05) is 0 Å². The Morgan fingerprint density at radius 3 is 2.88 bits per heavy atom. The van der Waals surface area contributed by atoms with Gasteiger partial charge in [0.2, 0.25) is 0 Å². The maximum atomic E-state index is 9.77. The summed E-state index contributed by atoms with van der Waals surface area (Å²) in [5, 5.41) is 19.0. The third-order valence-corrected chi connectivity index (χ3v) is 2.18. The number of rotatable bonds is 4. The summed E-state index contributed by atoms with van der Waals surface area (Å²) in [5.74, 6) is 0.0591. The average molecular weight is 242 g/mol. The number of nitrogens with two attached hydrogens (primary N) is 1. The molecule has 0 aliphatic heterocycles. The van der Waals surface area contributed by atoms with Gasteiger partial charge < -0.3 is 15.9 Å². The van der Waals surface area contributed by atoms with Gasteiger partial charge in [0.05, 0.1) is 12.3 Å². The molecule has 7 heteroatoms. The zero-order valence-electron chi connectivity index (χ0n) is 8.82. The lowest BCUT2D eigenvalue weighted by atomic mass is 10.1. The molecule has 1 heterocycles. The first-order valence-corrected chi connectivity index (χ1v) is 5.02. The number of aromatic hydroxyl groups is 1. The molecule has 0 unspecified atom stereocenters. The number of aliphatic hydroxyl groups is 1. The summed E-state index contributed by atoms with van der Waals surface area (Å²) in [6.07, 6.45) is 1.52. The fraction of sp³-hybridized carbons (Fsp3) is 0.333. The first-order chi connectivity index (χ1) is 7.56. The number of hydrogen-bond donors (Lipinski definition) is 5. The zero-order chi connectivity index (χ0) is 12.1. The van der Waals surface area contributed by atoms with Crippen LogP contribution in [0.3, 0.4) is 0 Å². The SMILES string of the molecule is Cc1ncc(CO)c(CNNC(N)=S)c1O. The van der Waals surface area contributed by atoms with Crippen molar-refractivity contribution in [3.05, 3.63) is 23.0 Å². The predicted molar refractivity (Wildman–Crippen MR) is 63.3 cm³/mol. The van der Waals surface area contributed by atoms with E-state index in [1.165, 1.54) is 6.20 Å². The van der Waals surface area contributed by atoms with E-state index in [0.29, 0.717) is 16.8 Å². The second kappa shape index (κ2) is 5.59. The van der Waals surface area contributed by atoms with Crippen molar-refractivity contribution in [2.24, 2.45) is 5.73 Å². The van der Waals surface area contributed by atoms with Crippen molar-refractivity contribution in [3.63, 3.8) is 0 Å². The monoisotopic (exact) mass is 242 g/mol. The van der Waals surface area contributed by atoms with Gasteiger partial charge in [-0.2, -0.15) is 0 Å². The number of hydrazine groups is 1. The van der Waals surface area contributed by atoms with Crippen LogP contribution in [0.5, 0.6) is 5.75 Å². The number of hydrogen-bond acceptors (Lipinski definition) is 5. The lowest BCUT2D eigenvalue weighted by molar-refractivity contribution is 0.278. The van der Waals surface area contributed by atoms with Gasteiger partial charge in [0.15, 0.2) is 5.11 Å². The topological polar surface area (TPSA) is 103 Å². The van der Waals surface area contributed by atoms with Gasteiger partial charge in [-0.05, 0) is 19.1 Å². The van der Waals surface area contributed by atoms with Crippen LogP contribution in [0.1, 0.15) is 16.8 Å². The number of aromatic nitrogens is 1. The van der Waals surface area contributed by atoms with Crippen LogP contribution < -0.4 is 16.6 Å². The van der Waals surface area contributed by atoms with Gasteiger partial charge in [-0.3, -0.25) is 10.4 Å².